The van der Waals surface area contributed by atoms with Crippen LogP contribution < -0.4 is 10.2 Å². The van der Waals surface area contributed by atoms with Gasteiger partial charge in [0.2, 0.25) is 0 Å². The normalized spacial score (nSPS) is 16.1. The molecule has 33 heavy (non-hydrogen) atoms. The Morgan fingerprint density at radius 1 is 1.18 bits per heavy atom. The predicted octanol–water partition coefficient (Wildman–Crippen LogP) is 4.38. The van der Waals surface area contributed by atoms with E-state index in [1.165, 1.54) is 6.92 Å². The fourth-order valence-corrected chi connectivity index (χ4v) is 4.11. The van der Waals surface area contributed by atoms with Gasteiger partial charge in [0.05, 0.1) is 4.91 Å². The maximum atomic E-state index is 12.9. The van der Waals surface area contributed by atoms with E-state index in [-0.39, 0.29) is 9.74 Å². The average molecular weight is 485 g/mol. The predicted molar refractivity (Wildman–Crippen MR) is 132 cm³/mol. The van der Waals surface area contributed by atoms with Crippen LogP contribution in [0.3, 0.4) is 0 Å². The van der Waals surface area contributed by atoms with Crippen molar-refractivity contribution in [1.29, 1.82) is 0 Å². The SMILES string of the molecule is CC(Oc1cccc(/C=C2/SC(=S)N(NC(=O)c3ccc(C(C)(C)C)cc3)C2=O)c1)C(=O)O. The zero-order valence-electron chi connectivity index (χ0n) is 18.6. The third-order valence-corrected chi connectivity index (χ3v) is 6.14. The molecule has 1 aliphatic rings. The van der Waals surface area contributed by atoms with E-state index in [0.29, 0.717) is 21.8 Å². The quantitative estimate of drug-likeness (QED) is 0.464. The Hall–Kier alpha value is -3.17. The summed E-state index contributed by atoms with van der Waals surface area (Å²) in [5.41, 5.74) is 4.68. The minimum atomic E-state index is -1.08. The van der Waals surface area contributed by atoms with Gasteiger partial charge in [-0.15, -0.1) is 0 Å². The van der Waals surface area contributed by atoms with Crippen LogP contribution in [0.1, 0.15) is 49.2 Å². The number of hydrogen-bond donors (Lipinski definition) is 2. The summed E-state index contributed by atoms with van der Waals surface area (Å²) in [5.74, 6) is -1.60. The molecule has 1 saturated heterocycles. The summed E-state index contributed by atoms with van der Waals surface area (Å²) in [6.07, 6.45) is 0.605. The van der Waals surface area contributed by atoms with E-state index in [1.807, 2.05) is 12.1 Å². The second kappa shape index (κ2) is 9.76. The molecule has 3 rings (SSSR count). The smallest absolute Gasteiger partial charge is 0.344 e. The monoisotopic (exact) mass is 484 g/mol. The van der Waals surface area contributed by atoms with E-state index < -0.39 is 23.9 Å². The first-order chi connectivity index (χ1) is 15.5. The largest absolute Gasteiger partial charge is 0.479 e. The Kier molecular flexibility index (Phi) is 7.24. The van der Waals surface area contributed by atoms with Crippen LogP contribution in [0.15, 0.2) is 53.4 Å². The van der Waals surface area contributed by atoms with Crippen LogP contribution in [-0.4, -0.2) is 38.3 Å². The van der Waals surface area contributed by atoms with Gasteiger partial charge in [-0.05, 0) is 66.0 Å². The van der Waals surface area contributed by atoms with E-state index in [0.717, 1.165) is 22.3 Å². The number of carboxylic acid groups (broad SMARTS) is 1. The molecule has 0 saturated carbocycles. The first-order valence-electron chi connectivity index (χ1n) is 10.1. The highest BCUT2D eigenvalue weighted by molar-refractivity contribution is 8.26. The number of aliphatic carboxylic acids is 1. The second-order valence-electron chi connectivity index (χ2n) is 8.46. The molecule has 0 spiro atoms. The van der Waals surface area contributed by atoms with Gasteiger partial charge in [-0.3, -0.25) is 15.0 Å². The average Bonchev–Trinajstić information content (AvgIpc) is 3.00. The molecule has 7 nitrogen and oxygen atoms in total. The summed E-state index contributed by atoms with van der Waals surface area (Å²) in [6, 6.07) is 13.9. The topological polar surface area (TPSA) is 95.9 Å². The van der Waals surface area contributed by atoms with E-state index in [9.17, 15) is 14.4 Å². The van der Waals surface area contributed by atoms with E-state index in [4.69, 9.17) is 22.1 Å². The molecule has 0 aliphatic carbocycles. The third-order valence-electron chi connectivity index (χ3n) is 4.84. The molecular weight excluding hydrogens is 460 g/mol. The van der Waals surface area contributed by atoms with Crippen molar-refractivity contribution >= 4 is 52.2 Å². The van der Waals surface area contributed by atoms with Crippen molar-refractivity contribution in [3.05, 3.63) is 70.1 Å². The van der Waals surface area contributed by atoms with Gasteiger partial charge in [0.1, 0.15) is 5.75 Å². The lowest BCUT2D eigenvalue weighted by Crippen LogP contribution is -2.44. The molecule has 2 aromatic rings. The van der Waals surface area contributed by atoms with Crippen LogP contribution in [-0.2, 0) is 15.0 Å². The molecule has 0 bridgehead atoms. The number of carbonyl (C=O) groups is 3. The zero-order chi connectivity index (χ0) is 24.3. The maximum absolute atomic E-state index is 12.9. The van der Waals surface area contributed by atoms with Crippen LogP contribution in [0.5, 0.6) is 5.75 Å². The minimum absolute atomic E-state index is 0.0359. The summed E-state index contributed by atoms with van der Waals surface area (Å²) >= 11 is 6.35. The number of hydrogen-bond acceptors (Lipinski definition) is 6. The van der Waals surface area contributed by atoms with Crippen molar-refractivity contribution in [1.82, 2.24) is 10.4 Å². The number of thioether (sulfide) groups is 1. The Bertz CT molecular complexity index is 1140. The second-order valence-corrected chi connectivity index (χ2v) is 10.1. The zero-order valence-corrected chi connectivity index (χ0v) is 20.3. The Morgan fingerprint density at radius 3 is 2.45 bits per heavy atom. The lowest BCUT2D eigenvalue weighted by atomic mass is 9.87. The summed E-state index contributed by atoms with van der Waals surface area (Å²) in [7, 11) is 0. The molecule has 1 unspecified atom stereocenters. The van der Waals surface area contributed by atoms with Gasteiger partial charge in [0.25, 0.3) is 11.8 Å². The van der Waals surface area contributed by atoms with Crippen molar-refractivity contribution in [2.75, 3.05) is 0 Å². The number of hydrazine groups is 1. The molecule has 172 valence electrons. The van der Waals surface area contributed by atoms with Gasteiger partial charge >= 0.3 is 5.97 Å². The molecule has 1 atom stereocenters. The molecule has 0 radical (unpaired) electrons. The summed E-state index contributed by atoms with van der Waals surface area (Å²) in [5, 5.41) is 10.1. The Morgan fingerprint density at radius 2 is 1.85 bits per heavy atom. The number of thiocarbonyl (C=S) groups is 1. The number of carbonyl (C=O) groups excluding carboxylic acids is 2. The van der Waals surface area contributed by atoms with E-state index >= 15 is 0 Å². The van der Waals surface area contributed by atoms with E-state index in [2.05, 4.69) is 26.2 Å². The Balaban J connectivity index is 1.72. The van der Waals surface area contributed by atoms with Gasteiger partial charge in [-0.25, -0.2) is 4.79 Å². The summed E-state index contributed by atoms with van der Waals surface area (Å²) < 4.78 is 5.57. The van der Waals surface area contributed by atoms with Crippen LogP contribution >= 0.6 is 24.0 Å². The third kappa shape index (κ3) is 6.00. The van der Waals surface area contributed by atoms with Crippen molar-refractivity contribution in [2.45, 2.75) is 39.2 Å². The number of ether oxygens (including phenoxy) is 1. The molecular formula is C24H24N2O5S2. The number of amides is 2. The standard InChI is InChI=1S/C24H24N2O5S2/c1-14(22(29)30)31-18-7-5-6-15(12-18)13-19-21(28)26(23(32)33-19)25-20(27)16-8-10-17(11-9-16)24(2,3)4/h5-14H,1-4H3,(H,25,27)(H,29,30)/b19-13+. The van der Waals surface area contributed by atoms with Crippen LogP contribution in [0.4, 0.5) is 0 Å². The van der Waals surface area contributed by atoms with Crippen LogP contribution in [0, 0.1) is 0 Å². The maximum Gasteiger partial charge on any atom is 0.344 e. The first kappa shape index (κ1) is 24.5. The number of rotatable bonds is 6. The molecule has 2 N–H and O–H groups in total. The van der Waals surface area contributed by atoms with Gasteiger partial charge in [0.15, 0.2) is 10.4 Å². The molecule has 1 aliphatic heterocycles. The van der Waals surface area contributed by atoms with Crippen molar-refractivity contribution in [3.63, 3.8) is 0 Å². The number of nitrogens with zero attached hydrogens (tertiary/aromatic N) is 1. The van der Waals surface area contributed by atoms with Crippen molar-refractivity contribution in [2.24, 2.45) is 0 Å². The minimum Gasteiger partial charge on any atom is -0.479 e. The number of nitrogens with one attached hydrogen (secondary N) is 1. The van der Waals surface area contributed by atoms with Gasteiger partial charge < -0.3 is 9.84 Å². The summed E-state index contributed by atoms with van der Waals surface area (Å²) in [4.78, 5) is 36.8. The van der Waals surface area contributed by atoms with Crippen molar-refractivity contribution < 1.29 is 24.2 Å². The lowest BCUT2D eigenvalue weighted by Gasteiger charge is -2.19. The number of carboxylic acids is 1. The van der Waals surface area contributed by atoms with Crippen LogP contribution in [0.2, 0.25) is 0 Å². The Labute approximate surface area is 201 Å². The molecule has 9 heteroatoms. The highest BCUT2D eigenvalue weighted by atomic mass is 32.2. The van der Waals surface area contributed by atoms with Crippen LogP contribution in [0.25, 0.3) is 6.08 Å². The highest BCUT2D eigenvalue weighted by Gasteiger charge is 2.34. The fourth-order valence-electron chi connectivity index (χ4n) is 2.94. The van der Waals surface area contributed by atoms with Crippen molar-refractivity contribution in [3.8, 4) is 5.75 Å². The van der Waals surface area contributed by atoms with E-state index in [1.54, 1.807) is 42.5 Å². The van der Waals surface area contributed by atoms with Gasteiger partial charge in [-0.1, -0.05) is 56.8 Å². The summed E-state index contributed by atoms with van der Waals surface area (Å²) in [6.45, 7) is 7.69. The molecule has 1 fully saturated rings. The lowest BCUT2D eigenvalue weighted by molar-refractivity contribution is -0.144. The first-order valence-corrected chi connectivity index (χ1v) is 11.4. The fraction of sp³-hybridized carbons (Fsp3) is 0.250. The molecule has 1 heterocycles. The van der Waals surface area contributed by atoms with Gasteiger partial charge in [0, 0.05) is 5.56 Å². The van der Waals surface area contributed by atoms with Gasteiger partial charge in [-0.2, -0.15) is 5.01 Å². The highest BCUT2D eigenvalue weighted by Crippen LogP contribution is 2.32. The number of benzene rings is 2. The molecule has 2 amide bonds. The molecule has 2 aromatic carbocycles. The molecule has 0 aromatic heterocycles.